The zero-order valence-electron chi connectivity index (χ0n) is 15.1. The van der Waals surface area contributed by atoms with Gasteiger partial charge in [0.2, 0.25) is 5.91 Å². The second-order valence-corrected chi connectivity index (χ2v) is 8.13. The van der Waals surface area contributed by atoms with Gasteiger partial charge in [0.05, 0.1) is 15.2 Å². The van der Waals surface area contributed by atoms with Crippen LogP contribution in [0.4, 0.5) is 10.5 Å². The summed E-state index contributed by atoms with van der Waals surface area (Å²) in [6.45, 7) is 9.80. The van der Waals surface area contributed by atoms with Crippen molar-refractivity contribution in [3.05, 3.63) is 23.2 Å². The van der Waals surface area contributed by atoms with Gasteiger partial charge in [-0.3, -0.25) is 4.79 Å². The molecule has 1 aromatic heterocycles. The maximum absolute atomic E-state index is 12.6. The highest BCUT2D eigenvalue weighted by atomic mass is 32.1. The van der Waals surface area contributed by atoms with Crippen molar-refractivity contribution >= 4 is 39.2 Å². The Morgan fingerprint density at radius 1 is 1.40 bits per heavy atom. The lowest BCUT2D eigenvalue weighted by atomic mass is 10.1. The highest BCUT2D eigenvalue weighted by Gasteiger charge is 2.34. The van der Waals surface area contributed by atoms with Crippen LogP contribution in [0.1, 0.15) is 25.8 Å². The third-order valence-corrected chi connectivity index (χ3v) is 5.29. The molecular formula is C18H24N4O2S. The van der Waals surface area contributed by atoms with Crippen molar-refractivity contribution in [1.29, 1.82) is 0 Å². The highest BCUT2D eigenvalue weighted by molar-refractivity contribution is 7.18. The molecule has 1 atom stereocenters. The van der Waals surface area contributed by atoms with Crippen LogP contribution in [-0.4, -0.2) is 52.4 Å². The molecule has 0 aliphatic carbocycles. The Labute approximate surface area is 151 Å². The van der Waals surface area contributed by atoms with E-state index in [0.717, 1.165) is 21.8 Å². The van der Waals surface area contributed by atoms with Gasteiger partial charge in [-0.05, 0) is 38.0 Å². The Morgan fingerprint density at radius 3 is 2.88 bits per heavy atom. The summed E-state index contributed by atoms with van der Waals surface area (Å²) in [6, 6.07) is 5.02. The number of piperazine rings is 1. The average molecular weight is 360 g/mol. The molecule has 1 N–H and O–H groups in total. The van der Waals surface area contributed by atoms with Crippen LogP contribution in [0.5, 0.6) is 0 Å². The van der Waals surface area contributed by atoms with E-state index in [4.69, 9.17) is 0 Å². The van der Waals surface area contributed by atoms with Gasteiger partial charge in [-0.1, -0.05) is 13.8 Å². The number of benzene rings is 1. The van der Waals surface area contributed by atoms with E-state index in [0.29, 0.717) is 24.7 Å². The molecule has 0 unspecified atom stereocenters. The molecule has 1 aromatic carbocycles. The maximum Gasteiger partial charge on any atom is 0.322 e. The lowest BCUT2D eigenvalue weighted by Gasteiger charge is -2.39. The quantitative estimate of drug-likeness (QED) is 0.913. The predicted molar refractivity (Wildman–Crippen MR) is 101 cm³/mol. The number of rotatable bonds is 3. The molecule has 25 heavy (non-hydrogen) atoms. The molecule has 3 amide bonds. The number of amides is 3. The molecule has 2 heterocycles. The highest BCUT2D eigenvalue weighted by Crippen LogP contribution is 2.25. The SMILES string of the molecule is Cc1nc2cc(NC(=O)N3CCN(CC(C)C)C(=O)[C@H]3C)ccc2s1. The van der Waals surface area contributed by atoms with E-state index in [-0.39, 0.29) is 11.9 Å². The zero-order chi connectivity index (χ0) is 18.1. The number of hydrogen-bond acceptors (Lipinski definition) is 4. The molecule has 134 valence electrons. The van der Waals surface area contributed by atoms with Crippen LogP contribution in [0, 0.1) is 12.8 Å². The first kappa shape index (κ1) is 17.7. The van der Waals surface area contributed by atoms with Gasteiger partial charge in [-0.15, -0.1) is 11.3 Å². The second kappa shape index (κ2) is 7.00. The van der Waals surface area contributed by atoms with Crippen molar-refractivity contribution in [2.45, 2.75) is 33.7 Å². The fourth-order valence-corrected chi connectivity index (χ4v) is 3.95. The molecule has 6 nitrogen and oxygen atoms in total. The fourth-order valence-electron chi connectivity index (χ4n) is 3.14. The van der Waals surface area contributed by atoms with E-state index in [2.05, 4.69) is 24.1 Å². The third-order valence-electron chi connectivity index (χ3n) is 4.34. The van der Waals surface area contributed by atoms with E-state index in [9.17, 15) is 9.59 Å². The Hall–Kier alpha value is -2.15. The summed E-state index contributed by atoms with van der Waals surface area (Å²) in [5.74, 6) is 0.436. The summed E-state index contributed by atoms with van der Waals surface area (Å²) >= 11 is 1.63. The minimum atomic E-state index is -0.447. The molecule has 0 bridgehead atoms. The lowest BCUT2D eigenvalue weighted by Crippen LogP contribution is -2.58. The molecule has 1 fully saturated rings. The largest absolute Gasteiger partial charge is 0.339 e. The number of fused-ring (bicyclic) bond motifs is 1. The van der Waals surface area contributed by atoms with Gasteiger partial charge in [0.25, 0.3) is 0 Å². The first-order chi connectivity index (χ1) is 11.8. The van der Waals surface area contributed by atoms with Gasteiger partial charge in [0.15, 0.2) is 0 Å². The van der Waals surface area contributed by atoms with Crippen molar-refractivity contribution in [2.75, 3.05) is 25.0 Å². The third kappa shape index (κ3) is 3.76. The lowest BCUT2D eigenvalue weighted by molar-refractivity contribution is -0.139. The van der Waals surface area contributed by atoms with Gasteiger partial charge >= 0.3 is 6.03 Å². The Kier molecular flexibility index (Phi) is 4.94. The molecule has 0 saturated carbocycles. The van der Waals surface area contributed by atoms with Gasteiger partial charge in [0.1, 0.15) is 6.04 Å². The van der Waals surface area contributed by atoms with E-state index < -0.39 is 6.04 Å². The van der Waals surface area contributed by atoms with Crippen LogP contribution in [0.2, 0.25) is 0 Å². The number of hydrogen-bond donors (Lipinski definition) is 1. The Bertz CT molecular complexity index is 801. The van der Waals surface area contributed by atoms with Gasteiger partial charge in [0, 0.05) is 25.3 Å². The van der Waals surface area contributed by atoms with Crippen LogP contribution in [-0.2, 0) is 4.79 Å². The zero-order valence-corrected chi connectivity index (χ0v) is 15.9. The number of nitrogens with one attached hydrogen (secondary N) is 1. The number of nitrogens with zero attached hydrogens (tertiary/aromatic N) is 3. The molecule has 0 radical (unpaired) electrons. The number of carbonyl (C=O) groups is 2. The standard InChI is InChI=1S/C18H24N4O2S/c1-11(2)10-21-7-8-22(12(3)17(21)23)18(24)20-14-5-6-16-15(9-14)19-13(4)25-16/h5-6,9,11-12H,7-8,10H2,1-4H3,(H,20,24)/t12-/m1/s1. The van der Waals surface area contributed by atoms with Crippen molar-refractivity contribution in [2.24, 2.45) is 5.92 Å². The summed E-state index contributed by atoms with van der Waals surface area (Å²) in [4.78, 5) is 33.0. The molecule has 7 heteroatoms. The predicted octanol–water partition coefficient (Wildman–Crippen LogP) is 3.33. The normalized spacial score (nSPS) is 18.3. The number of thiazole rings is 1. The summed E-state index contributed by atoms with van der Waals surface area (Å²) < 4.78 is 1.10. The van der Waals surface area contributed by atoms with Crippen LogP contribution >= 0.6 is 11.3 Å². The van der Waals surface area contributed by atoms with Crippen LogP contribution in [0.3, 0.4) is 0 Å². The number of urea groups is 1. The maximum atomic E-state index is 12.6. The van der Waals surface area contributed by atoms with Crippen molar-refractivity contribution < 1.29 is 9.59 Å². The minimum absolute atomic E-state index is 0.0145. The Morgan fingerprint density at radius 2 is 2.16 bits per heavy atom. The second-order valence-electron chi connectivity index (χ2n) is 6.89. The molecular weight excluding hydrogens is 336 g/mol. The van der Waals surface area contributed by atoms with Gasteiger partial charge < -0.3 is 15.1 Å². The first-order valence-electron chi connectivity index (χ1n) is 8.58. The van der Waals surface area contributed by atoms with Gasteiger partial charge in [-0.2, -0.15) is 0 Å². The summed E-state index contributed by atoms with van der Waals surface area (Å²) in [5.41, 5.74) is 1.58. The fraction of sp³-hybridized carbons (Fsp3) is 0.500. The minimum Gasteiger partial charge on any atom is -0.339 e. The van der Waals surface area contributed by atoms with Crippen LogP contribution in [0.25, 0.3) is 10.2 Å². The smallest absolute Gasteiger partial charge is 0.322 e. The van der Waals surface area contributed by atoms with Crippen LogP contribution in [0.15, 0.2) is 18.2 Å². The van der Waals surface area contributed by atoms with E-state index >= 15 is 0 Å². The van der Waals surface area contributed by atoms with Gasteiger partial charge in [-0.25, -0.2) is 9.78 Å². The number of anilines is 1. The van der Waals surface area contributed by atoms with Crippen LogP contribution < -0.4 is 5.32 Å². The topological polar surface area (TPSA) is 65.5 Å². The molecule has 3 rings (SSSR count). The number of aryl methyl sites for hydroxylation is 1. The average Bonchev–Trinajstić information content (AvgIpc) is 2.90. The number of aromatic nitrogens is 1. The summed E-state index contributed by atoms with van der Waals surface area (Å²) in [6.07, 6.45) is 0. The molecule has 1 saturated heterocycles. The Balaban J connectivity index is 1.69. The van der Waals surface area contributed by atoms with E-state index in [1.807, 2.05) is 30.0 Å². The number of carbonyl (C=O) groups excluding carboxylic acids is 2. The van der Waals surface area contributed by atoms with Crippen molar-refractivity contribution in [1.82, 2.24) is 14.8 Å². The molecule has 1 aliphatic heterocycles. The summed E-state index contributed by atoms with van der Waals surface area (Å²) in [5, 5.41) is 3.90. The molecule has 0 spiro atoms. The first-order valence-corrected chi connectivity index (χ1v) is 9.40. The molecule has 2 aromatic rings. The van der Waals surface area contributed by atoms with Crippen molar-refractivity contribution in [3.63, 3.8) is 0 Å². The molecule has 1 aliphatic rings. The van der Waals surface area contributed by atoms with Crippen molar-refractivity contribution in [3.8, 4) is 0 Å². The summed E-state index contributed by atoms with van der Waals surface area (Å²) in [7, 11) is 0. The van der Waals surface area contributed by atoms with E-state index in [1.54, 1.807) is 23.2 Å². The van der Waals surface area contributed by atoms with E-state index in [1.165, 1.54) is 0 Å². The monoisotopic (exact) mass is 360 g/mol.